The number of benzene rings is 1. The van der Waals surface area contributed by atoms with E-state index in [2.05, 4.69) is 30.9 Å². The largest absolute Gasteiger partial charge is 0.490 e. The predicted molar refractivity (Wildman–Crippen MR) is 113 cm³/mol. The number of aliphatic carboxylic acids is 1. The lowest BCUT2D eigenvalue weighted by atomic mass is 10.0. The van der Waals surface area contributed by atoms with Crippen LogP contribution in [-0.2, 0) is 16.1 Å². The third-order valence-electron chi connectivity index (χ3n) is 5.50. The molecule has 3 unspecified atom stereocenters. The van der Waals surface area contributed by atoms with Crippen molar-refractivity contribution in [1.29, 1.82) is 0 Å². The Bertz CT molecular complexity index is 748. The summed E-state index contributed by atoms with van der Waals surface area (Å²) in [5.41, 5.74) is 7.86. The van der Waals surface area contributed by atoms with E-state index >= 15 is 0 Å². The van der Waals surface area contributed by atoms with E-state index in [4.69, 9.17) is 20.4 Å². The molecule has 1 amide bonds. The summed E-state index contributed by atoms with van der Waals surface area (Å²) in [6.07, 6.45) is -1.27. The molecule has 0 radical (unpaired) electrons. The van der Waals surface area contributed by atoms with Crippen LogP contribution in [0.5, 0.6) is 0 Å². The Balaban J connectivity index is 0.000000451. The van der Waals surface area contributed by atoms with Crippen LogP contribution < -0.4 is 5.73 Å². The van der Waals surface area contributed by atoms with Crippen LogP contribution in [-0.4, -0.2) is 77.4 Å². The fraction of sp³-hybridized carbons (Fsp3) is 0.636. The number of morpholine rings is 1. The van der Waals surface area contributed by atoms with Crippen LogP contribution in [0, 0.1) is 0 Å². The molecule has 2 heterocycles. The van der Waals surface area contributed by atoms with E-state index in [0.717, 1.165) is 44.6 Å². The zero-order chi connectivity index (χ0) is 23.9. The molecule has 0 spiro atoms. The molecule has 0 saturated carbocycles. The van der Waals surface area contributed by atoms with Gasteiger partial charge in [0.1, 0.15) is 0 Å². The molecule has 2 fully saturated rings. The number of carbonyl (C=O) groups is 2. The van der Waals surface area contributed by atoms with Crippen LogP contribution in [0.25, 0.3) is 0 Å². The Kier molecular flexibility index (Phi) is 9.47. The Morgan fingerprint density at radius 1 is 1.12 bits per heavy atom. The lowest BCUT2D eigenvalue weighted by molar-refractivity contribution is -0.192. The van der Waals surface area contributed by atoms with Gasteiger partial charge in [-0.1, -0.05) is 12.1 Å². The van der Waals surface area contributed by atoms with Gasteiger partial charge in [-0.15, -0.1) is 0 Å². The molecule has 0 bridgehead atoms. The highest BCUT2D eigenvalue weighted by atomic mass is 19.4. The first-order valence-corrected chi connectivity index (χ1v) is 10.8. The number of carboxylic acid groups (broad SMARTS) is 1. The van der Waals surface area contributed by atoms with Crippen LogP contribution >= 0.6 is 0 Å². The molecular formula is C22H32F3N3O4. The molecule has 1 aromatic rings. The van der Waals surface area contributed by atoms with Crippen LogP contribution in [0.3, 0.4) is 0 Å². The predicted octanol–water partition coefficient (Wildman–Crippen LogP) is 2.88. The van der Waals surface area contributed by atoms with Crippen molar-refractivity contribution < 1.29 is 32.6 Å². The van der Waals surface area contributed by atoms with Gasteiger partial charge in [0.25, 0.3) is 5.91 Å². The minimum absolute atomic E-state index is 0.121. The molecule has 2 saturated heterocycles. The summed E-state index contributed by atoms with van der Waals surface area (Å²) in [5.74, 6) is -2.64. The van der Waals surface area contributed by atoms with Crippen LogP contribution in [0.1, 0.15) is 49.0 Å². The molecule has 3 N–H and O–H groups in total. The Hall–Kier alpha value is -2.17. The molecule has 10 heteroatoms. The Labute approximate surface area is 186 Å². The van der Waals surface area contributed by atoms with E-state index in [1.54, 1.807) is 0 Å². The van der Waals surface area contributed by atoms with E-state index in [-0.39, 0.29) is 24.2 Å². The number of alkyl halides is 3. The van der Waals surface area contributed by atoms with Gasteiger partial charge in [-0.2, -0.15) is 13.2 Å². The minimum Gasteiger partial charge on any atom is -0.475 e. The number of carbonyl (C=O) groups excluding carboxylic acids is 1. The zero-order valence-corrected chi connectivity index (χ0v) is 18.5. The quantitative estimate of drug-likeness (QED) is 0.719. The summed E-state index contributed by atoms with van der Waals surface area (Å²) >= 11 is 0. The van der Waals surface area contributed by atoms with Crippen molar-refractivity contribution in [3.63, 3.8) is 0 Å². The number of hydrogen-bond acceptors (Lipinski definition) is 5. The van der Waals surface area contributed by atoms with Crippen LogP contribution in [0.2, 0.25) is 0 Å². The summed E-state index contributed by atoms with van der Waals surface area (Å²) < 4.78 is 37.5. The van der Waals surface area contributed by atoms with E-state index in [1.807, 2.05) is 17.0 Å². The van der Waals surface area contributed by atoms with Crippen molar-refractivity contribution in [2.75, 3.05) is 26.2 Å². The number of hydrogen-bond donors (Lipinski definition) is 2. The normalized spacial score (nSPS) is 24.4. The molecule has 7 nitrogen and oxygen atoms in total. The average molecular weight is 460 g/mol. The molecule has 0 aliphatic carbocycles. The van der Waals surface area contributed by atoms with Crippen LogP contribution in [0.4, 0.5) is 13.2 Å². The van der Waals surface area contributed by atoms with Gasteiger partial charge in [0.05, 0.1) is 12.2 Å². The maximum absolute atomic E-state index is 12.8. The van der Waals surface area contributed by atoms with Crippen molar-refractivity contribution in [2.24, 2.45) is 5.73 Å². The van der Waals surface area contributed by atoms with Gasteiger partial charge < -0.3 is 20.5 Å². The summed E-state index contributed by atoms with van der Waals surface area (Å²) in [4.78, 5) is 26.1. The highest BCUT2D eigenvalue weighted by molar-refractivity contribution is 5.94. The maximum Gasteiger partial charge on any atom is 0.490 e. The standard InChI is InChI=1S/C20H31N3O2.C2HF3O2/c1-15-12-22(13-16(2)25-15)14-17-6-8-18(9-7-17)20(24)23-10-4-3-5-19(23)11-21;3-2(4,5)1(6)7/h6-9,15-16,19H,3-5,10-14,21H2,1-2H3;(H,6,7). The van der Waals surface area contributed by atoms with Crippen molar-refractivity contribution in [1.82, 2.24) is 9.80 Å². The molecule has 180 valence electrons. The van der Waals surface area contributed by atoms with Crippen molar-refractivity contribution >= 4 is 11.9 Å². The van der Waals surface area contributed by atoms with Gasteiger partial charge in [0.15, 0.2) is 0 Å². The molecule has 0 aromatic heterocycles. The van der Waals surface area contributed by atoms with Crippen molar-refractivity contribution in [2.45, 2.75) is 64.1 Å². The summed E-state index contributed by atoms with van der Waals surface area (Å²) in [6.45, 7) is 8.44. The highest BCUT2D eigenvalue weighted by Gasteiger charge is 2.38. The Morgan fingerprint density at radius 3 is 2.19 bits per heavy atom. The molecular weight excluding hydrogens is 427 g/mol. The number of carboxylic acids is 1. The zero-order valence-electron chi connectivity index (χ0n) is 18.5. The first-order chi connectivity index (χ1) is 15.0. The van der Waals surface area contributed by atoms with Gasteiger partial charge in [-0.05, 0) is 50.8 Å². The number of nitrogens with two attached hydrogens (primary N) is 1. The Morgan fingerprint density at radius 2 is 1.69 bits per heavy atom. The van der Waals surface area contributed by atoms with E-state index in [0.29, 0.717) is 6.54 Å². The number of piperidine rings is 1. The van der Waals surface area contributed by atoms with Gasteiger partial charge in [-0.3, -0.25) is 9.69 Å². The van der Waals surface area contributed by atoms with Gasteiger partial charge in [0, 0.05) is 44.3 Å². The van der Waals surface area contributed by atoms with Gasteiger partial charge in [0.2, 0.25) is 0 Å². The van der Waals surface area contributed by atoms with Gasteiger partial charge in [-0.25, -0.2) is 4.79 Å². The fourth-order valence-electron chi connectivity index (χ4n) is 4.10. The van der Waals surface area contributed by atoms with Crippen LogP contribution in [0.15, 0.2) is 24.3 Å². The molecule has 1 aromatic carbocycles. The lowest BCUT2D eigenvalue weighted by Crippen LogP contribution is -2.47. The minimum atomic E-state index is -5.08. The number of rotatable bonds is 4. The number of likely N-dealkylation sites (tertiary alicyclic amines) is 1. The molecule has 3 atom stereocenters. The lowest BCUT2D eigenvalue weighted by Gasteiger charge is -2.35. The number of ether oxygens (including phenoxy) is 1. The van der Waals surface area contributed by atoms with E-state index < -0.39 is 12.1 Å². The number of amides is 1. The van der Waals surface area contributed by atoms with E-state index in [1.165, 1.54) is 12.0 Å². The molecule has 3 rings (SSSR count). The van der Waals surface area contributed by atoms with Crippen molar-refractivity contribution in [3.05, 3.63) is 35.4 Å². The maximum atomic E-state index is 12.8. The summed E-state index contributed by atoms with van der Waals surface area (Å²) in [6, 6.07) is 8.29. The number of nitrogens with zero attached hydrogens (tertiary/aromatic N) is 2. The van der Waals surface area contributed by atoms with E-state index in [9.17, 15) is 18.0 Å². The number of halogens is 3. The fourth-order valence-corrected chi connectivity index (χ4v) is 4.10. The van der Waals surface area contributed by atoms with Gasteiger partial charge >= 0.3 is 12.1 Å². The molecule has 2 aliphatic heterocycles. The first-order valence-electron chi connectivity index (χ1n) is 10.8. The average Bonchev–Trinajstić information content (AvgIpc) is 2.73. The third kappa shape index (κ3) is 7.75. The second-order valence-electron chi connectivity index (χ2n) is 8.34. The molecule has 32 heavy (non-hydrogen) atoms. The summed E-state index contributed by atoms with van der Waals surface area (Å²) in [7, 11) is 0. The topological polar surface area (TPSA) is 96.1 Å². The smallest absolute Gasteiger partial charge is 0.475 e. The third-order valence-corrected chi connectivity index (χ3v) is 5.50. The first kappa shape index (κ1) is 26.1. The summed E-state index contributed by atoms with van der Waals surface area (Å²) in [5, 5.41) is 7.12. The second-order valence-corrected chi connectivity index (χ2v) is 8.34. The monoisotopic (exact) mass is 459 g/mol. The molecule has 2 aliphatic rings. The SMILES string of the molecule is CC1CN(Cc2ccc(C(=O)N3CCCCC3CN)cc2)CC(C)O1.O=C(O)C(F)(F)F. The highest BCUT2D eigenvalue weighted by Crippen LogP contribution is 2.20. The van der Waals surface area contributed by atoms with Crippen molar-refractivity contribution in [3.8, 4) is 0 Å². The second kappa shape index (κ2) is 11.6.